The van der Waals surface area contributed by atoms with Gasteiger partial charge in [-0.15, -0.1) is 0 Å². The number of hydrogen-bond donors (Lipinski definition) is 0. The first-order valence-electron chi connectivity index (χ1n) is 6.81. The van der Waals surface area contributed by atoms with Gasteiger partial charge in [-0.3, -0.25) is 0 Å². The third-order valence-electron chi connectivity index (χ3n) is 3.25. The minimum Gasteiger partial charge on any atom is -0.497 e. The summed E-state index contributed by atoms with van der Waals surface area (Å²) < 4.78 is 9.03. The molecule has 0 aliphatic heterocycles. The molecule has 0 atom stereocenters. The lowest BCUT2D eigenvalue weighted by Gasteiger charge is -2.14. The summed E-state index contributed by atoms with van der Waals surface area (Å²) in [6.07, 6.45) is 0.234. The third-order valence-corrected chi connectivity index (χ3v) is 3.65. The topological polar surface area (TPSA) is 35.5 Å². The number of halogens is 3. The Hall–Kier alpha value is -1.42. The van der Waals surface area contributed by atoms with E-state index < -0.39 is 9.76 Å². The fraction of sp³-hybridized carbons (Fsp3) is 0.235. The Balaban J connectivity index is 2.15. The number of aryl methyl sites for hydroxylation is 1. The molecule has 0 radical (unpaired) electrons. The van der Waals surface area contributed by atoms with Crippen molar-refractivity contribution in [3.63, 3.8) is 0 Å². The van der Waals surface area contributed by atoms with Gasteiger partial charge in [0.1, 0.15) is 11.5 Å². The summed E-state index contributed by atoms with van der Waals surface area (Å²) in [7, 11) is 1.56. The molecule has 23 heavy (non-hydrogen) atoms. The van der Waals surface area contributed by atoms with Crippen LogP contribution in [0.5, 0.6) is 11.5 Å². The van der Waals surface area contributed by atoms with Gasteiger partial charge in [-0.25, -0.2) is 4.79 Å². The quantitative estimate of drug-likeness (QED) is 0.423. The first kappa shape index (κ1) is 17.9. The number of methoxy groups -OCH3 is 1. The molecule has 122 valence electrons. The Morgan fingerprint density at radius 2 is 1.65 bits per heavy atom. The zero-order valence-electron chi connectivity index (χ0n) is 12.6. The molecular weight excluding hydrogens is 359 g/mol. The zero-order valence-corrected chi connectivity index (χ0v) is 14.9. The average molecular weight is 374 g/mol. The van der Waals surface area contributed by atoms with Crippen molar-refractivity contribution >= 4 is 40.8 Å². The summed E-state index contributed by atoms with van der Waals surface area (Å²) in [5.41, 5.74) is 2.19. The average Bonchev–Trinajstić information content (AvgIpc) is 2.49. The molecule has 0 heterocycles. The molecule has 2 aromatic carbocycles. The molecule has 0 aliphatic rings. The summed E-state index contributed by atoms with van der Waals surface area (Å²) in [6.45, 7) is 1.90. The van der Waals surface area contributed by atoms with Gasteiger partial charge in [0.25, 0.3) is 0 Å². The first-order valence-corrected chi connectivity index (χ1v) is 7.94. The highest BCUT2D eigenvalue weighted by molar-refractivity contribution is 6.67. The summed E-state index contributed by atoms with van der Waals surface area (Å²) in [6, 6.07) is 11.9. The molecule has 0 spiro atoms. The smallest absolute Gasteiger partial charge is 0.343 e. The van der Waals surface area contributed by atoms with Gasteiger partial charge >= 0.3 is 5.97 Å². The van der Waals surface area contributed by atoms with E-state index in [2.05, 4.69) is 0 Å². The van der Waals surface area contributed by atoms with E-state index in [1.807, 2.05) is 13.0 Å². The van der Waals surface area contributed by atoms with Gasteiger partial charge in [0.05, 0.1) is 12.7 Å². The number of hydrogen-bond acceptors (Lipinski definition) is 3. The van der Waals surface area contributed by atoms with Gasteiger partial charge in [0.2, 0.25) is 0 Å². The lowest BCUT2D eigenvalue weighted by Crippen LogP contribution is -2.11. The second-order valence-corrected chi connectivity index (χ2v) is 7.51. The van der Waals surface area contributed by atoms with Gasteiger partial charge in [-0.1, -0.05) is 40.9 Å². The van der Waals surface area contributed by atoms with Crippen LogP contribution in [-0.4, -0.2) is 16.9 Å². The van der Waals surface area contributed by atoms with Crippen LogP contribution in [0.4, 0.5) is 0 Å². The highest BCUT2D eigenvalue weighted by Crippen LogP contribution is 2.32. The maximum absolute atomic E-state index is 12.2. The lowest BCUT2D eigenvalue weighted by molar-refractivity contribution is 0.0734. The van der Waals surface area contributed by atoms with Gasteiger partial charge in [-0.2, -0.15) is 0 Å². The van der Waals surface area contributed by atoms with E-state index in [0.29, 0.717) is 17.1 Å². The number of benzene rings is 2. The first-order chi connectivity index (χ1) is 10.8. The van der Waals surface area contributed by atoms with Crippen LogP contribution in [0.1, 0.15) is 21.5 Å². The van der Waals surface area contributed by atoms with E-state index in [0.717, 1.165) is 11.1 Å². The Morgan fingerprint density at radius 1 is 1.04 bits per heavy atom. The van der Waals surface area contributed by atoms with Crippen LogP contribution in [0.3, 0.4) is 0 Å². The van der Waals surface area contributed by atoms with E-state index in [9.17, 15) is 4.79 Å². The third kappa shape index (κ3) is 5.31. The largest absolute Gasteiger partial charge is 0.497 e. The number of esters is 1. The van der Waals surface area contributed by atoms with Crippen LogP contribution in [-0.2, 0) is 6.42 Å². The van der Waals surface area contributed by atoms with E-state index in [1.165, 1.54) is 0 Å². The molecular formula is C17H15Cl3O3. The van der Waals surface area contributed by atoms with Crippen molar-refractivity contribution in [1.29, 1.82) is 0 Å². The van der Waals surface area contributed by atoms with Gasteiger partial charge in [-0.05, 0) is 54.4 Å². The monoisotopic (exact) mass is 372 g/mol. The molecule has 3 nitrogen and oxygen atoms in total. The molecule has 0 N–H and O–H groups in total. The van der Waals surface area contributed by atoms with Crippen LogP contribution < -0.4 is 9.47 Å². The second-order valence-electron chi connectivity index (χ2n) is 5.00. The molecule has 0 fully saturated rings. The Kier molecular flexibility index (Phi) is 5.79. The lowest BCUT2D eigenvalue weighted by atomic mass is 10.1. The predicted molar refractivity (Wildman–Crippen MR) is 93.1 cm³/mol. The molecule has 2 rings (SSSR count). The van der Waals surface area contributed by atoms with Crippen LogP contribution in [0.25, 0.3) is 0 Å². The fourth-order valence-electron chi connectivity index (χ4n) is 2.01. The van der Waals surface area contributed by atoms with E-state index >= 15 is 0 Å². The van der Waals surface area contributed by atoms with Crippen molar-refractivity contribution in [3.8, 4) is 11.5 Å². The molecule has 0 aliphatic carbocycles. The van der Waals surface area contributed by atoms with Gasteiger partial charge in [0, 0.05) is 6.42 Å². The maximum Gasteiger partial charge on any atom is 0.343 e. The molecule has 0 aromatic heterocycles. The SMILES string of the molecule is COc1ccc(C(=O)Oc2ccc(C)c(CC(Cl)(Cl)Cl)c2)cc1. The zero-order chi connectivity index (χ0) is 17.0. The van der Waals surface area contributed by atoms with Crippen LogP contribution in [0.15, 0.2) is 42.5 Å². The molecule has 2 aromatic rings. The summed E-state index contributed by atoms with van der Waals surface area (Å²) in [5, 5.41) is 0. The molecule has 0 amide bonds. The molecule has 0 unspecified atom stereocenters. The normalized spacial score (nSPS) is 11.2. The van der Waals surface area contributed by atoms with Crippen molar-refractivity contribution in [2.24, 2.45) is 0 Å². The summed E-state index contributed by atoms with van der Waals surface area (Å²) in [5.74, 6) is 0.610. The van der Waals surface area contributed by atoms with E-state index in [4.69, 9.17) is 44.3 Å². The van der Waals surface area contributed by atoms with E-state index in [-0.39, 0.29) is 6.42 Å². The molecule has 6 heteroatoms. The fourth-order valence-corrected chi connectivity index (χ4v) is 2.44. The molecule has 0 saturated heterocycles. The number of carbonyl (C=O) groups excluding carboxylic acids is 1. The minimum atomic E-state index is -1.40. The van der Waals surface area contributed by atoms with Crippen molar-refractivity contribution in [2.45, 2.75) is 17.1 Å². The number of alkyl halides is 3. The molecule has 0 bridgehead atoms. The summed E-state index contributed by atoms with van der Waals surface area (Å²) in [4.78, 5) is 12.2. The van der Waals surface area contributed by atoms with Crippen LogP contribution in [0, 0.1) is 6.92 Å². The molecule has 0 saturated carbocycles. The van der Waals surface area contributed by atoms with Crippen molar-refractivity contribution in [2.75, 3.05) is 7.11 Å². The standard InChI is InChI=1S/C17H15Cl3O3/c1-11-3-6-15(9-13(11)10-17(18,19)20)23-16(21)12-4-7-14(22-2)8-5-12/h3-9H,10H2,1-2H3. The summed E-state index contributed by atoms with van der Waals surface area (Å²) >= 11 is 17.5. The number of rotatable bonds is 4. The maximum atomic E-state index is 12.2. The number of carbonyl (C=O) groups is 1. The highest BCUT2D eigenvalue weighted by Gasteiger charge is 2.21. The van der Waals surface area contributed by atoms with Gasteiger partial charge < -0.3 is 9.47 Å². The predicted octanol–water partition coefficient (Wildman–Crippen LogP) is 5.14. The van der Waals surface area contributed by atoms with Crippen molar-refractivity contribution in [3.05, 3.63) is 59.2 Å². The van der Waals surface area contributed by atoms with Crippen LogP contribution >= 0.6 is 34.8 Å². The number of ether oxygens (including phenoxy) is 2. The second kappa shape index (κ2) is 7.43. The van der Waals surface area contributed by atoms with Crippen molar-refractivity contribution < 1.29 is 14.3 Å². The Morgan fingerprint density at radius 3 is 2.22 bits per heavy atom. The Labute approximate surface area is 150 Å². The Bertz CT molecular complexity index is 691. The minimum absolute atomic E-state index is 0.234. The van der Waals surface area contributed by atoms with Gasteiger partial charge in [0.15, 0.2) is 3.79 Å². The highest BCUT2D eigenvalue weighted by atomic mass is 35.6. The van der Waals surface area contributed by atoms with Crippen LogP contribution in [0.2, 0.25) is 0 Å². The van der Waals surface area contributed by atoms with Crippen molar-refractivity contribution in [1.82, 2.24) is 0 Å². The van der Waals surface area contributed by atoms with E-state index in [1.54, 1.807) is 43.5 Å².